The fourth-order valence-electron chi connectivity index (χ4n) is 3.53. The molecule has 1 aromatic rings. The summed E-state index contributed by atoms with van der Waals surface area (Å²) < 4.78 is 11.0. The van der Waals surface area contributed by atoms with Crippen molar-refractivity contribution in [3.05, 3.63) is 29.3 Å². The van der Waals surface area contributed by atoms with Gasteiger partial charge in [0, 0.05) is 45.6 Å². The van der Waals surface area contributed by atoms with Gasteiger partial charge >= 0.3 is 6.09 Å². The monoisotopic (exact) mass is 447 g/mol. The average molecular weight is 448 g/mol. The highest BCUT2D eigenvalue weighted by molar-refractivity contribution is 5.79. The van der Waals surface area contributed by atoms with Crippen LogP contribution < -0.4 is 10.1 Å². The van der Waals surface area contributed by atoms with Gasteiger partial charge in [0.05, 0.1) is 6.61 Å². The summed E-state index contributed by atoms with van der Waals surface area (Å²) in [4.78, 5) is 40.0. The molecule has 0 aromatic heterocycles. The van der Waals surface area contributed by atoms with Gasteiger partial charge in [-0.25, -0.2) is 4.79 Å². The number of hydrogen-bond acceptors (Lipinski definition) is 5. The number of para-hydroxylation sites is 1. The Morgan fingerprint density at radius 3 is 2.00 bits per heavy atom. The van der Waals surface area contributed by atoms with Crippen LogP contribution in [-0.4, -0.2) is 72.6 Å². The van der Waals surface area contributed by atoms with Crippen LogP contribution in [0.15, 0.2) is 18.2 Å². The third-order valence-electron chi connectivity index (χ3n) is 5.18. The lowest BCUT2D eigenvalue weighted by molar-refractivity contribution is -0.139. The minimum atomic E-state index is -0.567. The van der Waals surface area contributed by atoms with Crippen LogP contribution in [-0.2, 0) is 14.3 Å². The zero-order valence-corrected chi connectivity index (χ0v) is 20.0. The number of nitrogens with zero attached hydrogens (tertiary/aromatic N) is 2. The Kier molecular flexibility index (Phi) is 9.35. The van der Waals surface area contributed by atoms with Gasteiger partial charge in [-0.2, -0.15) is 0 Å². The van der Waals surface area contributed by atoms with Crippen LogP contribution in [0.4, 0.5) is 4.79 Å². The molecule has 0 saturated carbocycles. The molecule has 0 spiro atoms. The predicted octanol–water partition coefficient (Wildman–Crippen LogP) is 3.05. The number of amides is 3. The predicted molar refractivity (Wildman–Crippen MR) is 123 cm³/mol. The fourth-order valence-corrected chi connectivity index (χ4v) is 3.53. The van der Waals surface area contributed by atoms with E-state index in [9.17, 15) is 14.4 Å². The standard InChI is InChI=1S/C24H37N3O5/c1-18-8-6-9-19(2)22(18)31-17-7-10-20(28)26-13-15-27(16-14-26)21(29)11-12-25-23(30)32-24(3,4)5/h6,8-9H,7,10-17H2,1-5H3,(H,25,30). The molecule has 1 saturated heterocycles. The number of aryl methyl sites for hydroxylation is 2. The topological polar surface area (TPSA) is 88.2 Å². The van der Waals surface area contributed by atoms with Gasteiger partial charge in [-0.15, -0.1) is 0 Å². The zero-order chi connectivity index (χ0) is 23.7. The summed E-state index contributed by atoms with van der Waals surface area (Å²) in [5.74, 6) is 0.956. The van der Waals surface area contributed by atoms with Gasteiger partial charge in [0.15, 0.2) is 0 Å². The van der Waals surface area contributed by atoms with Crippen LogP contribution in [0.3, 0.4) is 0 Å². The van der Waals surface area contributed by atoms with Gasteiger partial charge in [-0.1, -0.05) is 18.2 Å². The largest absolute Gasteiger partial charge is 0.493 e. The van der Waals surface area contributed by atoms with E-state index in [1.165, 1.54) is 0 Å². The molecule has 1 aliphatic heterocycles. The van der Waals surface area contributed by atoms with Crippen LogP contribution in [0, 0.1) is 13.8 Å². The van der Waals surface area contributed by atoms with E-state index in [1.54, 1.807) is 25.7 Å². The number of piperazine rings is 1. The Hall–Kier alpha value is -2.77. The Morgan fingerprint density at radius 1 is 0.938 bits per heavy atom. The fraction of sp³-hybridized carbons (Fsp3) is 0.625. The maximum absolute atomic E-state index is 12.5. The number of carbonyl (C=O) groups excluding carboxylic acids is 3. The molecule has 0 atom stereocenters. The number of nitrogens with one attached hydrogen (secondary N) is 1. The highest BCUT2D eigenvalue weighted by Gasteiger charge is 2.24. The second-order valence-corrected chi connectivity index (χ2v) is 9.11. The third kappa shape index (κ3) is 8.40. The summed E-state index contributed by atoms with van der Waals surface area (Å²) in [6.07, 6.45) is 0.770. The van der Waals surface area contributed by atoms with E-state index in [1.807, 2.05) is 36.9 Å². The summed E-state index contributed by atoms with van der Waals surface area (Å²) in [5.41, 5.74) is 1.62. The van der Waals surface area contributed by atoms with Crippen molar-refractivity contribution in [1.82, 2.24) is 15.1 Å². The maximum Gasteiger partial charge on any atom is 0.407 e. The summed E-state index contributed by atoms with van der Waals surface area (Å²) >= 11 is 0. The smallest absolute Gasteiger partial charge is 0.407 e. The summed E-state index contributed by atoms with van der Waals surface area (Å²) in [7, 11) is 0. The number of rotatable bonds is 8. The van der Waals surface area contributed by atoms with Crippen molar-refractivity contribution < 1.29 is 23.9 Å². The van der Waals surface area contributed by atoms with Gasteiger partial charge in [-0.3, -0.25) is 9.59 Å². The molecular weight excluding hydrogens is 410 g/mol. The molecule has 0 aliphatic carbocycles. The molecule has 0 bridgehead atoms. The summed E-state index contributed by atoms with van der Waals surface area (Å²) in [6.45, 7) is 12.2. The molecule has 1 N–H and O–H groups in total. The number of carbonyl (C=O) groups is 3. The van der Waals surface area contributed by atoms with Crippen molar-refractivity contribution in [3.63, 3.8) is 0 Å². The highest BCUT2D eigenvalue weighted by Crippen LogP contribution is 2.22. The second kappa shape index (κ2) is 11.7. The van der Waals surface area contributed by atoms with Crippen LogP contribution in [0.25, 0.3) is 0 Å². The molecule has 0 radical (unpaired) electrons. The molecule has 1 aromatic carbocycles. The Morgan fingerprint density at radius 2 is 1.47 bits per heavy atom. The Bertz CT molecular complexity index is 775. The van der Waals surface area contributed by atoms with E-state index in [0.29, 0.717) is 45.6 Å². The van der Waals surface area contributed by atoms with E-state index in [0.717, 1.165) is 16.9 Å². The number of alkyl carbamates (subject to hydrolysis) is 1. The van der Waals surface area contributed by atoms with Gasteiger partial charge in [0.25, 0.3) is 0 Å². The van der Waals surface area contributed by atoms with Crippen molar-refractivity contribution in [3.8, 4) is 5.75 Å². The van der Waals surface area contributed by atoms with Crippen molar-refractivity contribution in [2.75, 3.05) is 39.3 Å². The van der Waals surface area contributed by atoms with Crippen LogP contribution >= 0.6 is 0 Å². The molecule has 8 heteroatoms. The SMILES string of the molecule is Cc1cccc(C)c1OCCCC(=O)N1CCN(C(=O)CCNC(=O)OC(C)(C)C)CC1. The third-order valence-corrected chi connectivity index (χ3v) is 5.18. The van der Waals surface area contributed by atoms with Crippen LogP contribution in [0.5, 0.6) is 5.75 Å². The highest BCUT2D eigenvalue weighted by atomic mass is 16.6. The first-order valence-corrected chi connectivity index (χ1v) is 11.3. The molecule has 1 aliphatic rings. The normalized spacial score (nSPS) is 14.2. The van der Waals surface area contributed by atoms with Gasteiger partial charge in [0.1, 0.15) is 11.4 Å². The van der Waals surface area contributed by atoms with E-state index in [-0.39, 0.29) is 24.8 Å². The van der Waals surface area contributed by atoms with Crippen molar-refractivity contribution in [2.24, 2.45) is 0 Å². The Labute approximate surface area is 191 Å². The molecular formula is C24H37N3O5. The summed E-state index contributed by atoms with van der Waals surface area (Å²) in [6, 6.07) is 6.03. The average Bonchev–Trinajstić information content (AvgIpc) is 2.71. The molecule has 1 fully saturated rings. The Balaban J connectivity index is 1.62. The minimum absolute atomic E-state index is 0.0323. The lowest BCUT2D eigenvalue weighted by atomic mass is 10.1. The first kappa shape index (κ1) is 25.5. The lowest BCUT2D eigenvalue weighted by Crippen LogP contribution is -2.51. The molecule has 8 nitrogen and oxygen atoms in total. The molecule has 2 rings (SSSR count). The molecule has 32 heavy (non-hydrogen) atoms. The molecule has 0 unspecified atom stereocenters. The quantitative estimate of drug-likeness (QED) is 0.619. The van der Waals surface area contributed by atoms with E-state index in [2.05, 4.69) is 5.32 Å². The number of ether oxygens (including phenoxy) is 2. The van der Waals surface area contributed by atoms with Crippen LogP contribution in [0.2, 0.25) is 0 Å². The summed E-state index contributed by atoms with van der Waals surface area (Å²) in [5, 5.41) is 2.60. The first-order chi connectivity index (χ1) is 15.1. The van der Waals surface area contributed by atoms with Crippen molar-refractivity contribution >= 4 is 17.9 Å². The molecule has 1 heterocycles. The van der Waals surface area contributed by atoms with Gasteiger partial charge in [-0.05, 0) is 52.2 Å². The van der Waals surface area contributed by atoms with E-state index < -0.39 is 11.7 Å². The minimum Gasteiger partial charge on any atom is -0.493 e. The van der Waals surface area contributed by atoms with E-state index >= 15 is 0 Å². The lowest BCUT2D eigenvalue weighted by Gasteiger charge is -2.35. The first-order valence-electron chi connectivity index (χ1n) is 11.3. The second-order valence-electron chi connectivity index (χ2n) is 9.11. The number of hydrogen-bond donors (Lipinski definition) is 1. The van der Waals surface area contributed by atoms with Gasteiger partial charge in [0.2, 0.25) is 11.8 Å². The van der Waals surface area contributed by atoms with Crippen molar-refractivity contribution in [1.29, 1.82) is 0 Å². The maximum atomic E-state index is 12.5. The van der Waals surface area contributed by atoms with Gasteiger partial charge < -0.3 is 24.6 Å². The molecule has 3 amide bonds. The molecule has 178 valence electrons. The van der Waals surface area contributed by atoms with E-state index in [4.69, 9.17) is 9.47 Å². The van der Waals surface area contributed by atoms with Crippen molar-refractivity contribution in [2.45, 2.75) is 59.5 Å². The van der Waals surface area contributed by atoms with Crippen LogP contribution in [0.1, 0.15) is 51.2 Å². The zero-order valence-electron chi connectivity index (χ0n) is 20.0. The number of benzene rings is 1.